The highest BCUT2D eigenvalue weighted by Gasteiger charge is 2.37. The minimum Gasteiger partial charge on any atom is -0.377 e. The summed E-state index contributed by atoms with van der Waals surface area (Å²) in [6.45, 7) is 1.67. The second-order valence-corrected chi connectivity index (χ2v) is 7.68. The molecule has 1 saturated heterocycles. The van der Waals surface area contributed by atoms with E-state index in [-0.39, 0.29) is 5.91 Å². The Labute approximate surface area is 111 Å². The Balaban J connectivity index is 2.37. The molecule has 0 unspecified atom stereocenters. The van der Waals surface area contributed by atoms with Crippen LogP contribution in [-0.2, 0) is 18.1 Å². The van der Waals surface area contributed by atoms with Crippen LogP contribution in [0.3, 0.4) is 0 Å². The highest BCUT2D eigenvalue weighted by molar-refractivity contribution is 6.60. The Hall–Kier alpha value is -0.433. The molecule has 1 rings (SSSR count). The van der Waals surface area contributed by atoms with Gasteiger partial charge < -0.3 is 18.2 Å². The number of carbonyl (C=O) groups excluding carboxylic acids is 1. The van der Waals surface area contributed by atoms with Gasteiger partial charge in [0.05, 0.1) is 0 Å². The van der Waals surface area contributed by atoms with Gasteiger partial charge in [-0.25, -0.2) is 0 Å². The third-order valence-electron chi connectivity index (χ3n) is 3.52. The second kappa shape index (κ2) is 7.88. The van der Waals surface area contributed by atoms with E-state index < -0.39 is 8.80 Å². The summed E-state index contributed by atoms with van der Waals surface area (Å²) in [5.41, 5.74) is 0. The van der Waals surface area contributed by atoms with E-state index in [0.717, 1.165) is 44.8 Å². The third-order valence-corrected chi connectivity index (χ3v) is 6.35. The van der Waals surface area contributed by atoms with Crippen LogP contribution in [-0.4, -0.2) is 54.0 Å². The van der Waals surface area contributed by atoms with Gasteiger partial charge in [-0.3, -0.25) is 4.79 Å². The number of rotatable bonds is 7. The van der Waals surface area contributed by atoms with Crippen molar-refractivity contribution in [3.8, 4) is 0 Å². The zero-order chi connectivity index (χ0) is 13.4. The fraction of sp³-hybridized carbons (Fsp3) is 0.917. The Morgan fingerprint density at radius 1 is 1.11 bits per heavy atom. The Kier molecular flexibility index (Phi) is 6.84. The SMILES string of the molecule is CO[Si](CCCN1CCCCCC1=O)(OC)OC. The van der Waals surface area contributed by atoms with Gasteiger partial charge in [0, 0.05) is 46.9 Å². The van der Waals surface area contributed by atoms with Gasteiger partial charge in [-0.05, 0) is 19.3 Å². The first-order chi connectivity index (χ1) is 8.67. The molecule has 0 radical (unpaired) electrons. The van der Waals surface area contributed by atoms with E-state index in [4.69, 9.17) is 13.3 Å². The van der Waals surface area contributed by atoms with Crippen molar-refractivity contribution in [2.45, 2.75) is 38.1 Å². The first-order valence-electron chi connectivity index (χ1n) is 6.60. The molecule has 6 heteroatoms. The molecule has 0 aliphatic carbocycles. The van der Waals surface area contributed by atoms with E-state index in [1.807, 2.05) is 4.90 Å². The lowest BCUT2D eigenvalue weighted by Crippen LogP contribution is -2.43. The summed E-state index contributed by atoms with van der Waals surface area (Å²) >= 11 is 0. The second-order valence-electron chi connectivity index (χ2n) is 4.59. The third kappa shape index (κ3) is 4.35. The molecule has 0 aromatic rings. The van der Waals surface area contributed by atoms with E-state index in [2.05, 4.69) is 0 Å². The van der Waals surface area contributed by atoms with Crippen molar-refractivity contribution in [1.82, 2.24) is 4.90 Å². The Morgan fingerprint density at radius 2 is 1.78 bits per heavy atom. The molecule has 1 fully saturated rings. The molecule has 1 aliphatic heterocycles. The van der Waals surface area contributed by atoms with Gasteiger partial charge >= 0.3 is 8.80 Å². The summed E-state index contributed by atoms with van der Waals surface area (Å²) in [5, 5.41) is 0. The molecule has 0 saturated carbocycles. The summed E-state index contributed by atoms with van der Waals surface area (Å²) in [7, 11) is 2.39. The predicted molar refractivity (Wildman–Crippen MR) is 71.3 cm³/mol. The summed E-state index contributed by atoms with van der Waals surface area (Å²) in [5.74, 6) is 0.284. The zero-order valence-corrected chi connectivity index (χ0v) is 12.7. The van der Waals surface area contributed by atoms with Crippen LogP contribution < -0.4 is 0 Å². The van der Waals surface area contributed by atoms with Crippen molar-refractivity contribution in [3.05, 3.63) is 0 Å². The molecule has 18 heavy (non-hydrogen) atoms. The average Bonchev–Trinajstić information content (AvgIpc) is 2.61. The molecule has 1 amide bonds. The molecule has 106 valence electrons. The van der Waals surface area contributed by atoms with Gasteiger partial charge in [0.1, 0.15) is 0 Å². The molecule has 1 heterocycles. The standard InChI is InChI=1S/C12H25NO4Si/c1-15-18(16-2,17-3)11-7-10-13-9-6-4-5-8-12(13)14/h4-11H2,1-3H3. The summed E-state index contributed by atoms with van der Waals surface area (Å²) in [4.78, 5) is 13.8. The number of amides is 1. The van der Waals surface area contributed by atoms with E-state index >= 15 is 0 Å². The smallest absolute Gasteiger partial charge is 0.377 e. The molecular formula is C12H25NO4Si. The van der Waals surface area contributed by atoms with Gasteiger partial charge in [-0.1, -0.05) is 6.42 Å². The van der Waals surface area contributed by atoms with E-state index in [1.165, 1.54) is 0 Å². The van der Waals surface area contributed by atoms with Crippen molar-refractivity contribution in [2.24, 2.45) is 0 Å². The molecule has 0 aromatic carbocycles. The Morgan fingerprint density at radius 3 is 2.39 bits per heavy atom. The van der Waals surface area contributed by atoms with Crippen molar-refractivity contribution in [3.63, 3.8) is 0 Å². The van der Waals surface area contributed by atoms with Crippen molar-refractivity contribution < 1.29 is 18.1 Å². The molecule has 1 aliphatic rings. The first-order valence-corrected chi connectivity index (χ1v) is 8.54. The Bertz CT molecular complexity index is 250. The van der Waals surface area contributed by atoms with Crippen molar-refractivity contribution in [2.75, 3.05) is 34.4 Å². The fourth-order valence-corrected chi connectivity index (χ4v) is 4.02. The predicted octanol–water partition coefficient (Wildman–Crippen LogP) is 1.66. The van der Waals surface area contributed by atoms with Gasteiger partial charge in [-0.2, -0.15) is 0 Å². The quantitative estimate of drug-likeness (QED) is 0.663. The van der Waals surface area contributed by atoms with Gasteiger partial charge in [0.15, 0.2) is 0 Å². The van der Waals surface area contributed by atoms with Crippen LogP contribution in [0.2, 0.25) is 6.04 Å². The number of carbonyl (C=O) groups is 1. The number of nitrogens with zero attached hydrogens (tertiary/aromatic N) is 1. The largest absolute Gasteiger partial charge is 0.500 e. The highest BCUT2D eigenvalue weighted by atomic mass is 28.4. The van der Waals surface area contributed by atoms with E-state index in [0.29, 0.717) is 6.42 Å². The molecular weight excluding hydrogens is 250 g/mol. The van der Waals surface area contributed by atoms with Gasteiger partial charge in [0.25, 0.3) is 0 Å². The number of likely N-dealkylation sites (tertiary alicyclic amines) is 1. The lowest BCUT2D eigenvalue weighted by atomic mass is 10.2. The lowest BCUT2D eigenvalue weighted by molar-refractivity contribution is -0.130. The molecule has 5 nitrogen and oxygen atoms in total. The lowest BCUT2D eigenvalue weighted by Gasteiger charge is -2.26. The van der Waals surface area contributed by atoms with Crippen LogP contribution in [0, 0.1) is 0 Å². The monoisotopic (exact) mass is 275 g/mol. The summed E-state index contributed by atoms with van der Waals surface area (Å²) < 4.78 is 16.1. The first kappa shape index (κ1) is 15.6. The van der Waals surface area contributed by atoms with Crippen molar-refractivity contribution in [1.29, 1.82) is 0 Å². The summed E-state index contributed by atoms with van der Waals surface area (Å²) in [6, 6.07) is 0.750. The number of hydrogen-bond donors (Lipinski definition) is 0. The van der Waals surface area contributed by atoms with E-state index in [1.54, 1.807) is 21.3 Å². The zero-order valence-electron chi connectivity index (χ0n) is 11.7. The maximum absolute atomic E-state index is 11.8. The number of hydrogen-bond acceptors (Lipinski definition) is 4. The van der Waals surface area contributed by atoms with Gasteiger partial charge in [-0.15, -0.1) is 0 Å². The molecule has 0 aromatic heterocycles. The molecule has 0 bridgehead atoms. The topological polar surface area (TPSA) is 48.0 Å². The van der Waals surface area contributed by atoms with E-state index in [9.17, 15) is 4.79 Å². The van der Waals surface area contributed by atoms with Crippen LogP contribution in [0.25, 0.3) is 0 Å². The molecule has 0 atom stereocenters. The van der Waals surface area contributed by atoms with Crippen LogP contribution >= 0.6 is 0 Å². The minimum absolute atomic E-state index is 0.284. The fourth-order valence-electron chi connectivity index (χ4n) is 2.32. The summed E-state index contributed by atoms with van der Waals surface area (Å²) in [6.07, 6.45) is 4.87. The maximum atomic E-state index is 11.8. The molecule has 0 N–H and O–H groups in total. The maximum Gasteiger partial charge on any atom is 0.500 e. The molecule has 0 spiro atoms. The van der Waals surface area contributed by atoms with Crippen LogP contribution in [0.15, 0.2) is 0 Å². The van der Waals surface area contributed by atoms with Crippen molar-refractivity contribution >= 4 is 14.7 Å². The normalized spacial score (nSPS) is 17.9. The van der Waals surface area contributed by atoms with Gasteiger partial charge in [0.2, 0.25) is 5.91 Å². The highest BCUT2D eigenvalue weighted by Crippen LogP contribution is 2.17. The van der Waals surface area contributed by atoms with Crippen LogP contribution in [0.1, 0.15) is 32.1 Å². The van der Waals surface area contributed by atoms with Crippen LogP contribution in [0.5, 0.6) is 0 Å². The minimum atomic E-state index is -2.47. The average molecular weight is 275 g/mol. The van der Waals surface area contributed by atoms with Crippen LogP contribution in [0.4, 0.5) is 0 Å².